The Balaban J connectivity index is 3.58. The van der Waals surface area contributed by atoms with Gasteiger partial charge in [-0.3, -0.25) is 4.57 Å². The third kappa shape index (κ3) is 15.8. The molecule has 3 atom stereocenters. The van der Waals surface area contributed by atoms with Crippen molar-refractivity contribution in [3.05, 3.63) is 11.6 Å². The van der Waals surface area contributed by atoms with Crippen LogP contribution >= 0.6 is 8.03 Å². The number of nitrogens with two attached hydrogens (primary N) is 1. The van der Waals surface area contributed by atoms with E-state index in [1.807, 2.05) is 6.92 Å². The quantitative estimate of drug-likeness (QED) is 0.186. The smallest absolute Gasteiger partial charge is 0.189 e. The number of aliphatic hydroxyl groups excluding tert-OH is 1. The summed E-state index contributed by atoms with van der Waals surface area (Å²) in [6.45, 7) is 4.15. The van der Waals surface area contributed by atoms with Gasteiger partial charge in [-0.1, -0.05) is 77.2 Å². The molecule has 0 bridgehead atoms. The molecule has 4 N–H and O–H groups in total. The molecular formula is C20H42NO3P. The van der Waals surface area contributed by atoms with Crippen LogP contribution in [0.4, 0.5) is 0 Å². The van der Waals surface area contributed by atoms with Crippen molar-refractivity contribution in [1.29, 1.82) is 0 Å². The molecule has 0 aromatic rings. The van der Waals surface area contributed by atoms with Crippen LogP contribution in [0.25, 0.3) is 0 Å². The Hall–Kier alpha value is -0.150. The molecule has 0 aromatic heterocycles. The van der Waals surface area contributed by atoms with E-state index in [0.717, 1.165) is 18.4 Å². The lowest BCUT2D eigenvalue weighted by atomic mass is 10.0. The van der Waals surface area contributed by atoms with Gasteiger partial charge in [0.05, 0.1) is 6.10 Å². The highest BCUT2D eigenvalue weighted by molar-refractivity contribution is 7.37. The van der Waals surface area contributed by atoms with Gasteiger partial charge in [0.15, 0.2) is 8.03 Å². The van der Waals surface area contributed by atoms with Crippen molar-refractivity contribution >= 4 is 8.03 Å². The molecular weight excluding hydrogens is 333 g/mol. The molecule has 4 nitrogen and oxygen atoms in total. The molecule has 0 radical (unpaired) electrons. The van der Waals surface area contributed by atoms with E-state index in [2.05, 4.69) is 13.0 Å². The van der Waals surface area contributed by atoms with E-state index < -0.39 is 20.2 Å². The summed E-state index contributed by atoms with van der Waals surface area (Å²) in [7, 11) is -2.49. The Morgan fingerprint density at radius 2 is 1.48 bits per heavy atom. The Kier molecular flexibility index (Phi) is 17.2. The number of hydrogen-bond acceptors (Lipinski definition) is 3. The zero-order valence-electron chi connectivity index (χ0n) is 16.5. The van der Waals surface area contributed by atoms with Crippen LogP contribution < -0.4 is 5.73 Å². The Morgan fingerprint density at radius 1 is 1.00 bits per heavy atom. The first-order chi connectivity index (χ1) is 12.0. The van der Waals surface area contributed by atoms with Gasteiger partial charge >= 0.3 is 0 Å². The summed E-state index contributed by atoms with van der Waals surface area (Å²) >= 11 is 0. The van der Waals surface area contributed by atoms with Gasteiger partial charge in [0, 0.05) is 12.2 Å². The van der Waals surface area contributed by atoms with Crippen LogP contribution in [0, 0.1) is 0 Å². The standard InChI is InChI=1S/C20H42NO3P/c1-3-4-5-6-7-8-9-10-11-12-13-14-15-18(2)20(22)19(21)16-17-25(23)24/h15,19-20,22,25H,3-14,16-17,21H2,1-2H3,(H,23,24)/b18-15-/t19-,20+/m0/s1. The molecule has 1 unspecified atom stereocenters. The SMILES string of the molecule is CCCCCCCCCCCCC/C=C(/C)[C@@H](O)[C@@H](N)CC[PH](=O)O. The van der Waals surface area contributed by atoms with Crippen LogP contribution in [0.2, 0.25) is 0 Å². The topological polar surface area (TPSA) is 83.5 Å². The number of hydrogen-bond donors (Lipinski definition) is 3. The predicted molar refractivity (Wildman–Crippen MR) is 110 cm³/mol. The Labute approximate surface area is 156 Å². The molecule has 25 heavy (non-hydrogen) atoms. The third-order valence-electron chi connectivity index (χ3n) is 4.84. The monoisotopic (exact) mass is 375 g/mol. The fourth-order valence-corrected chi connectivity index (χ4v) is 3.62. The molecule has 150 valence electrons. The van der Waals surface area contributed by atoms with E-state index >= 15 is 0 Å². The molecule has 0 amide bonds. The van der Waals surface area contributed by atoms with E-state index in [1.165, 1.54) is 64.2 Å². The van der Waals surface area contributed by atoms with E-state index in [9.17, 15) is 9.67 Å². The minimum atomic E-state index is -2.49. The second-order valence-electron chi connectivity index (χ2n) is 7.31. The second-order valence-corrected chi connectivity index (χ2v) is 8.60. The van der Waals surface area contributed by atoms with Crippen molar-refractivity contribution in [3.8, 4) is 0 Å². The second kappa shape index (κ2) is 17.3. The molecule has 0 heterocycles. The van der Waals surface area contributed by atoms with Crippen molar-refractivity contribution < 1.29 is 14.6 Å². The lowest BCUT2D eigenvalue weighted by Gasteiger charge is -2.19. The first-order valence-corrected chi connectivity index (χ1v) is 11.9. The molecule has 0 aliphatic carbocycles. The van der Waals surface area contributed by atoms with Crippen molar-refractivity contribution in [2.24, 2.45) is 5.73 Å². The highest BCUT2D eigenvalue weighted by Crippen LogP contribution is 2.18. The molecule has 0 aliphatic heterocycles. The summed E-state index contributed by atoms with van der Waals surface area (Å²) in [4.78, 5) is 8.84. The Bertz CT molecular complexity index is 361. The van der Waals surface area contributed by atoms with Crippen LogP contribution in [0.5, 0.6) is 0 Å². The van der Waals surface area contributed by atoms with Gasteiger partial charge in [-0.2, -0.15) is 0 Å². The first kappa shape index (κ1) is 24.8. The number of unbranched alkanes of at least 4 members (excludes halogenated alkanes) is 11. The van der Waals surface area contributed by atoms with Crippen LogP contribution in [-0.4, -0.2) is 28.3 Å². The van der Waals surface area contributed by atoms with Gasteiger partial charge in [0.2, 0.25) is 0 Å². The molecule has 0 rings (SSSR count). The van der Waals surface area contributed by atoms with Gasteiger partial charge < -0.3 is 15.7 Å². The minimum Gasteiger partial charge on any atom is -0.387 e. The minimum absolute atomic E-state index is 0.189. The summed E-state index contributed by atoms with van der Waals surface area (Å²) in [5.74, 6) is 0. The third-order valence-corrected chi connectivity index (χ3v) is 5.55. The zero-order chi connectivity index (χ0) is 18.9. The summed E-state index contributed by atoms with van der Waals surface area (Å²) in [5, 5.41) is 10.1. The van der Waals surface area contributed by atoms with E-state index in [0.29, 0.717) is 6.42 Å². The van der Waals surface area contributed by atoms with Crippen molar-refractivity contribution in [2.45, 2.75) is 109 Å². The largest absolute Gasteiger partial charge is 0.387 e. The van der Waals surface area contributed by atoms with Gasteiger partial charge in [0.1, 0.15) is 0 Å². The van der Waals surface area contributed by atoms with E-state index in [1.54, 1.807) is 0 Å². The molecule has 0 saturated heterocycles. The number of rotatable bonds is 17. The molecule has 0 fully saturated rings. The summed E-state index contributed by atoms with van der Waals surface area (Å²) in [6, 6.07) is -0.449. The van der Waals surface area contributed by atoms with Crippen LogP contribution in [0.1, 0.15) is 97.3 Å². The molecule has 0 aliphatic rings. The fraction of sp³-hybridized carbons (Fsp3) is 0.900. The summed E-state index contributed by atoms with van der Waals surface area (Å²) in [5.41, 5.74) is 6.76. The maximum absolute atomic E-state index is 10.7. The van der Waals surface area contributed by atoms with Crippen molar-refractivity contribution in [2.75, 3.05) is 6.16 Å². The average molecular weight is 376 g/mol. The normalized spacial score (nSPS) is 16.0. The van der Waals surface area contributed by atoms with Crippen LogP contribution in [0.3, 0.4) is 0 Å². The molecule has 0 saturated carbocycles. The van der Waals surface area contributed by atoms with Crippen molar-refractivity contribution in [3.63, 3.8) is 0 Å². The van der Waals surface area contributed by atoms with Gasteiger partial charge in [0.25, 0.3) is 0 Å². The number of allylic oxidation sites excluding steroid dienone is 1. The zero-order valence-corrected chi connectivity index (χ0v) is 17.5. The van der Waals surface area contributed by atoms with Gasteiger partial charge in [-0.05, 0) is 31.8 Å². The van der Waals surface area contributed by atoms with Crippen LogP contribution in [-0.2, 0) is 4.57 Å². The summed E-state index contributed by atoms with van der Waals surface area (Å²) < 4.78 is 10.7. The van der Waals surface area contributed by atoms with Crippen molar-refractivity contribution in [1.82, 2.24) is 0 Å². The maximum atomic E-state index is 10.7. The average Bonchev–Trinajstić information content (AvgIpc) is 2.59. The van der Waals surface area contributed by atoms with E-state index in [-0.39, 0.29) is 6.16 Å². The predicted octanol–water partition coefficient (Wildman–Crippen LogP) is 5.18. The summed E-state index contributed by atoms with van der Waals surface area (Å²) in [6.07, 6.45) is 17.6. The molecule has 5 heteroatoms. The lowest BCUT2D eigenvalue weighted by Crippen LogP contribution is -2.35. The molecule has 0 spiro atoms. The highest BCUT2D eigenvalue weighted by Gasteiger charge is 2.16. The Morgan fingerprint density at radius 3 is 1.96 bits per heavy atom. The van der Waals surface area contributed by atoms with Gasteiger partial charge in [-0.25, -0.2) is 0 Å². The van der Waals surface area contributed by atoms with Gasteiger partial charge in [-0.15, -0.1) is 0 Å². The molecule has 0 aromatic carbocycles. The highest BCUT2D eigenvalue weighted by atomic mass is 31.1. The van der Waals surface area contributed by atoms with Crippen LogP contribution in [0.15, 0.2) is 11.6 Å². The first-order valence-electron chi connectivity index (χ1n) is 10.3. The fourth-order valence-electron chi connectivity index (χ4n) is 3.04. The lowest BCUT2D eigenvalue weighted by molar-refractivity contribution is 0.176. The number of aliphatic hydroxyl groups is 1. The van der Waals surface area contributed by atoms with E-state index in [4.69, 9.17) is 10.6 Å². The maximum Gasteiger partial charge on any atom is 0.189 e.